The number of carbonyl (C=O) groups excluding carboxylic acids is 1. The highest BCUT2D eigenvalue weighted by Crippen LogP contribution is 2.22. The van der Waals surface area contributed by atoms with Crippen molar-refractivity contribution in [3.05, 3.63) is 75.1 Å². The average molecular weight is 459 g/mol. The maximum atomic E-state index is 13.4. The van der Waals surface area contributed by atoms with E-state index in [0.29, 0.717) is 5.52 Å². The molecule has 2 aromatic carbocycles. The van der Waals surface area contributed by atoms with Gasteiger partial charge in [0.25, 0.3) is 5.56 Å². The summed E-state index contributed by atoms with van der Waals surface area (Å²) in [6, 6.07) is 11.0. The molecule has 0 aliphatic rings. The van der Waals surface area contributed by atoms with Crippen molar-refractivity contribution < 1.29 is 23.1 Å². The summed E-state index contributed by atoms with van der Waals surface area (Å²) < 4.78 is 32.5. The van der Waals surface area contributed by atoms with Crippen molar-refractivity contribution in [3.63, 3.8) is 0 Å². The van der Waals surface area contributed by atoms with E-state index in [9.17, 15) is 23.1 Å². The first kappa shape index (κ1) is 23.6. The van der Waals surface area contributed by atoms with Gasteiger partial charge in [-0.2, -0.15) is 4.31 Å². The molecule has 0 amide bonds. The maximum Gasteiger partial charge on any atom is 0.337 e. The van der Waals surface area contributed by atoms with Crippen molar-refractivity contribution in [2.75, 3.05) is 20.3 Å². The number of nitrogens with one attached hydrogen (secondary N) is 1. The van der Waals surface area contributed by atoms with Crippen molar-refractivity contribution in [1.82, 2.24) is 9.29 Å². The zero-order chi connectivity index (χ0) is 23.5. The van der Waals surface area contributed by atoms with E-state index in [1.165, 1.54) is 31.4 Å². The number of aromatic amines is 1. The van der Waals surface area contributed by atoms with Gasteiger partial charge in [0.05, 0.1) is 17.6 Å². The number of carbonyl (C=O) groups is 1. The van der Waals surface area contributed by atoms with E-state index < -0.39 is 16.0 Å². The van der Waals surface area contributed by atoms with Gasteiger partial charge in [-0.15, -0.1) is 0 Å². The Bertz CT molecular complexity index is 1310. The fraction of sp³-hybridized carbons (Fsp3) is 0.304. The first-order valence-corrected chi connectivity index (χ1v) is 11.5. The van der Waals surface area contributed by atoms with E-state index in [-0.39, 0.29) is 47.7 Å². The topological polar surface area (TPSA) is 117 Å². The van der Waals surface area contributed by atoms with E-state index in [4.69, 9.17) is 0 Å². The second-order valence-electron chi connectivity index (χ2n) is 7.58. The van der Waals surface area contributed by atoms with E-state index >= 15 is 0 Å². The van der Waals surface area contributed by atoms with Crippen LogP contribution in [0, 0.1) is 13.8 Å². The number of rotatable bonds is 8. The molecule has 3 rings (SSSR count). The number of pyridine rings is 1. The van der Waals surface area contributed by atoms with E-state index in [2.05, 4.69) is 9.72 Å². The number of hydrogen-bond acceptors (Lipinski definition) is 6. The highest BCUT2D eigenvalue weighted by atomic mass is 32.2. The lowest BCUT2D eigenvalue weighted by Gasteiger charge is -2.22. The summed E-state index contributed by atoms with van der Waals surface area (Å²) in [5.41, 5.74) is 2.78. The minimum absolute atomic E-state index is 0.00564. The van der Waals surface area contributed by atoms with Crippen LogP contribution in [0.3, 0.4) is 0 Å². The van der Waals surface area contributed by atoms with Crippen LogP contribution in [0.2, 0.25) is 0 Å². The number of aryl methyl sites for hydroxylation is 2. The number of fused-ring (bicyclic) bond motifs is 1. The monoisotopic (exact) mass is 458 g/mol. The fourth-order valence-corrected chi connectivity index (χ4v) is 4.91. The Morgan fingerprint density at radius 1 is 1.12 bits per heavy atom. The molecule has 0 radical (unpaired) electrons. The smallest absolute Gasteiger partial charge is 0.337 e. The normalized spacial score (nSPS) is 11.8. The summed E-state index contributed by atoms with van der Waals surface area (Å²) >= 11 is 0. The van der Waals surface area contributed by atoms with Crippen LogP contribution >= 0.6 is 0 Å². The minimum Gasteiger partial charge on any atom is -0.465 e. The number of H-pyrrole nitrogens is 1. The first-order chi connectivity index (χ1) is 15.2. The molecule has 8 nitrogen and oxygen atoms in total. The van der Waals surface area contributed by atoms with Crippen LogP contribution < -0.4 is 5.56 Å². The van der Waals surface area contributed by atoms with Gasteiger partial charge in [0, 0.05) is 30.8 Å². The van der Waals surface area contributed by atoms with E-state index in [1.807, 2.05) is 26.0 Å². The number of methoxy groups -OCH3 is 1. The third-order valence-corrected chi connectivity index (χ3v) is 7.18. The summed E-state index contributed by atoms with van der Waals surface area (Å²) in [5.74, 6) is -0.652. The van der Waals surface area contributed by atoms with Gasteiger partial charge in [-0.25, -0.2) is 13.2 Å². The van der Waals surface area contributed by atoms with E-state index in [1.54, 1.807) is 6.07 Å². The molecule has 0 atom stereocenters. The molecule has 0 aliphatic carbocycles. The molecule has 0 aliphatic heterocycles. The average Bonchev–Trinajstić information content (AvgIpc) is 2.77. The number of aliphatic hydroxyl groups is 1. The van der Waals surface area contributed by atoms with Gasteiger partial charge in [-0.05, 0) is 73.2 Å². The predicted molar refractivity (Wildman–Crippen MR) is 121 cm³/mol. The lowest BCUT2D eigenvalue weighted by atomic mass is 10.0. The molecular formula is C23H26N2O6S. The highest BCUT2D eigenvalue weighted by Gasteiger charge is 2.26. The third kappa shape index (κ3) is 4.90. The summed E-state index contributed by atoms with van der Waals surface area (Å²) in [6.07, 6.45) is 0.194. The van der Waals surface area contributed by atoms with Crippen LogP contribution in [-0.2, 0) is 21.3 Å². The van der Waals surface area contributed by atoms with Gasteiger partial charge >= 0.3 is 5.97 Å². The van der Waals surface area contributed by atoms with Crippen molar-refractivity contribution in [3.8, 4) is 0 Å². The Morgan fingerprint density at radius 2 is 1.84 bits per heavy atom. The van der Waals surface area contributed by atoms with Crippen molar-refractivity contribution in [2.45, 2.75) is 31.7 Å². The summed E-state index contributed by atoms with van der Waals surface area (Å²) in [4.78, 5) is 27.3. The van der Waals surface area contributed by atoms with Crippen LogP contribution in [0.25, 0.3) is 10.9 Å². The number of sulfonamides is 1. The SMILES string of the molecule is COC(=O)c1cccc(S(=O)(=O)N(CCCO)Cc2cc3cc(C)c(C)cc3[nH]c2=O)c1. The fourth-order valence-electron chi connectivity index (χ4n) is 3.41. The van der Waals surface area contributed by atoms with Crippen molar-refractivity contribution >= 4 is 26.9 Å². The molecule has 1 heterocycles. The van der Waals surface area contributed by atoms with E-state index in [0.717, 1.165) is 20.8 Å². The van der Waals surface area contributed by atoms with Gasteiger partial charge in [-0.3, -0.25) is 4.79 Å². The summed E-state index contributed by atoms with van der Waals surface area (Å²) in [5, 5.41) is 10.1. The minimum atomic E-state index is -4.06. The van der Waals surface area contributed by atoms with Crippen LogP contribution in [0.5, 0.6) is 0 Å². The van der Waals surface area contributed by atoms with Crippen LogP contribution in [0.1, 0.15) is 33.5 Å². The standard InChI is InChI=1S/C23H26N2O6S/c1-15-10-18-12-19(22(27)24-21(18)11-16(15)2)14-25(8-5-9-26)32(29,30)20-7-4-6-17(13-20)23(28)31-3/h4,6-7,10-13,26H,5,8-9,14H2,1-3H3,(H,24,27). The number of esters is 1. The van der Waals surface area contributed by atoms with Gasteiger partial charge in [0.1, 0.15) is 0 Å². The predicted octanol–water partition coefficient (Wildman–Crippen LogP) is 2.50. The van der Waals surface area contributed by atoms with Crippen molar-refractivity contribution in [1.29, 1.82) is 0 Å². The molecule has 0 bridgehead atoms. The van der Waals surface area contributed by atoms with Crippen molar-refractivity contribution in [2.24, 2.45) is 0 Å². The Kier molecular flexibility index (Phi) is 7.12. The Morgan fingerprint density at radius 3 is 2.53 bits per heavy atom. The van der Waals surface area contributed by atoms with Gasteiger partial charge in [-0.1, -0.05) is 6.07 Å². The maximum absolute atomic E-state index is 13.4. The van der Waals surface area contributed by atoms with Crippen LogP contribution in [-0.4, -0.2) is 49.0 Å². The molecule has 0 fully saturated rings. The first-order valence-electron chi connectivity index (χ1n) is 10.1. The van der Waals surface area contributed by atoms with Crippen LogP contribution in [0.4, 0.5) is 0 Å². The zero-order valence-electron chi connectivity index (χ0n) is 18.2. The Labute approximate surface area is 186 Å². The molecule has 0 unspecified atom stereocenters. The summed E-state index contributed by atoms with van der Waals surface area (Å²) in [6.45, 7) is 3.54. The molecule has 9 heteroatoms. The Hall–Kier alpha value is -3.01. The highest BCUT2D eigenvalue weighted by molar-refractivity contribution is 7.89. The molecule has 0 saturated heterocycles. The second-order valence-corrected chi connectivity index (χ2v) is 9.52. The largest absolute Gasteiger partial charge is 0.465 e. The Balaban J connectivity index is 2.03. The number of nitrogens with zero attached hydrogens (tertiary/aromatic N) is 1. The molecule has 0 saturated carbocycles. The van der Waals surface area contributed by atoms with Gasteiger partial charge in [0.15, 0.2) is 0 Å². The van der Waals surface area contributed by atoms with Gasteiger partial charge in [0.2, 0.25) is 10.0 Å². The quantitative estimate of drug-likeness (QED) is 0.501. The van der Waals surface area contributed by atoms with Crippen LogP contribution in [0.15, 0.2) is 52.2 Å². The molecular weight excluding hydrogens is 432 g/mol. The second kappa shape index (κ2) is 9.64. The number of aliphatic hydroxyl groups excluding tert-OH is 1. The number of aromatic nitrogens is 1. The lowest BCUT2D eigenvalue weighted by molar-refractivity contribution is 0.0600. The molecule has 1 aromatic heterocycles. The molecule has 32 heavy (non-hydrogen) atoms. The van der Waals surface area contributed by atoms with Gasteiger partial charge < -0.3 is 14.8 Å². The zero-order valence-corrected chi connectivity index (χ0v) is 19.0. The summed E-state index contributed by atoms with van der Waals surface area (Å²) in [7, 11) is -2.84. The molecule has 0 spiro atoms. The molecule has 2 N–H and O–H groups in total. The number of benzene rings is 2. The third-order valence-electron chi connectivity index (χ3n) is 5.34. The molecule has 170 valence electrons. The molecule has 3 aromatic rings. The number of ether oxygens (including phenoxy) is 1. The lowest BCUT2D eigenvalue weighted by Crippen LogP contribution is -2.34. The number of hydrogen-bond donors (Lipinski definition) is 2.